The zero-order chi connectivity index (χ0) is 31.6. The Morgan fingerprint density at radius 3 is 2.59 bits per heavy atom. The van der Waals surface area contributed by atoms with Gasteiger partial charge in [-0.05, 0) is 80.5 Å². The molecule has 44 heavy (non-hydrogen) atoms. The van der Waals surface area contributed by atoms with Crippen LogP contribution in [0.4, 0.5) is 24.5 Å². The van der Waals surface area contributed by atoms with Crippen LogP contribution >= 0.6 is 0 Å². The first kappa shape index (κ1) is 31.0. The van der Waals surface area contributed by atoms with Crippen molar-refractivity contribution in [3.05, 3.63) is 88.2 Å². The van der Waals surface area contributed by atoms with Crippen LogP contribution in [-0.2, 0) is 24.0 Å². The molecule has 1 unspecified atom stereocenters. The van der Waals surface area contributed by atoms with Crippen molar-refractivity contribution in [1.29, 1.82) is 0 Å². The van der Waals surface area contributed by atoms with Crippen LogP contribution in [0.5, 0.6) is 0 Å². The van der Waals surface area contributed by atoms with Gasteiger partial charge in [-0.3, -0.25) is 9.69 Å². The number of fused-ring (bicyclic) bond motifs is 1. The molecule has 2 aromatic heterocycles. The third kappa shape index (κ3) is 7.03. The molecule has 2 aromatic carbocycles. The number of halogens is 3. The second-order valence-corrected chi connectivity index (χ2v) is 11.3. The molecule has 1 saturated heterocycles. The molecule has 9 nitrogen and oxygen atoms in total. The van der Waals surface area contributed by atoms with Gasteiger partial charge in [0.1, 0.15) is 11.3 Å². The number of likely N-dealkylation sites (N-methyl/N-ethyl adjacent to an activating group) is 1. The molecule has 4 aromatic rings. The van der Waals surface area contributed by atoms with Gasteiger partial charge in [-0.2, -0.15) is 13.2 Å². The number of amides is 1. The minimum absolute atomic E-state index is 0.0638. The summed E-state index contributed by atoms with van der Waals surface area (Å²) >= 11 is 0. The smallest absolute Gasteiger partial charge is 0.416 e. The SMILES string of the molecule is COC(=O)c1cc2cc(NCc3cc(NC(=O)c4ccc(CN5CCC(N(C)C)C5)c(C(F)(F)F)c4)ccc3C)cnc2[nH]1. The van der Waals surface area contributed by atoms with Gasteiger partial charge in [0.05, 0.1) is 24.6 Å². The van der Waals surface area contributed by atoms with Gasteiger partial charge in [0.25, 0.3) is 5.91 Å². The molecule has 3 heterocycles. The molecule has 232 valence electrons. The predicted octanol–water partition coefficient (Wildman–Crippen LogP) is 5.68. The summed E-state index contributed by atoms with van der Waals surface area (Å²) in [6.07, 6.45) is -2.05. The van der Waals surface area contributed by atoms with Crippen molar-refractivity contribution in [3.8, 4) is 0 Å². The average molecular weight is 609 g/mol. The Balaban J connectivity index is 1.27. The fourth-order valence-electron chi connectivity index (χ4n) is 5.41. The highest BCUT2D eigenvalue weighted by atomic mass is 19.4. The summed E-state index contributed by atoms with van der Waals surface area (Å²) < 4.78 is 46.9. The maximum atomic E-state index is 14.1. The number of ether oxygens (including phenoxy) is 1. The summed E-state index contributed by atoms with van der Waals surface area (Å²) in [5, 5.41) is 6.77. The van der Waals surface area contributed by atoms with E-state index < -0.39 is 23.6 Å². The highest BCUT2D eigenvalue weighted by Crippen LogP contribution is 2.34. The average Bonchev–Trinajstić information content (AvgIpc) is 3.64. The van der Waals surface area contributed by atoms with Crippen LogP contribution in [0.2, 0.25) is 0 Å². The number of esters is 1. The number of carbonyl (C=O) groups is 2. The molecule has 1 aliphatic heterocycles. The van der Waals surface area contributed by atoms with Gasteiger partial charge in [0.15, 0.2) is 0 Å². The molecular formula is C32H35F3N6O3. The number of pyridine rings is 1. The number of hydrogen-bond donors (Lipinski definition) is 3. The number of benzene rings is 2. The topological polar surface area (TPSA) is 103 Å². The first-order valence-electron chi connectivity index (χ1n) is 14.2. The summed E-state index contributed by atoms with van der Waals surface area (Å²) in [6, 6.07) is 13.0. The Kier molecular flexibility index (Phi) is 8.93. The van der Waals surface area contributed by atoms with E-state index in [0.717, 1.165) is 35.5 Å². The summed E-state index contributed by atoms with van der Waals surface area (Å²) in [5.74, 6) is -1.11. The Bertz CT molecular complexity index is 1680. The van der Waals surface area contributed by atoms with Crippen molar-refractivity contribution in [2.45, 2.75) is 38.7 Å². The molecule has 1 fully saturated rings. The van der Waals surface area contributed by atoms with Crippen molar-refractivity contribution in [3.63, 3.8) is 0 Å². The summed E-state index contributed by atoms with van der Waals surface area (Å²) in [6.45, 7) is 3.92. The van der Waals surface area contributed by atoms with Gasteiger partial charge in [0.2, 0.25) is 0 Å². The molecule has 5 rings (SSSR count). The van der Waals surface area contributed by atoms with Crippen LogP contribution < -0.4 is 10.6 Å². The number of methoxy groups -OCH3 is 1. The lowest BCUT2D eigenvalue weighted by molar-refractivity contribution is -0.138. The number of rotatable bonds is 9. The van der Waals surface area contributed by atoms with E-state index in [1.54, 1.807) is 24.4 Å². The number of aryl methyl sites for hydroxylation is 1. The number of hydrogen-bond acceptors (Lipinski definition) is 7. The lowest BCUT2D eigenvalue weighted by Gasteiger charge is -2.22. The third-order valence-electron chi connectivity index (χ3n) is 8.01. The number of nitrogens with zero attached hydrogens (tertiary/aromatic N) is 3. The maximum absolute atomic E-state index is 14.1. The van der Waals surface area contributed by atoms with Gasteiger partial charge in [0, 0.05) is 48.9 Å². The van der Waals surface area contributed by atoms with Gasteiger partial charge >= 0.3 is 12.1 Å². The Labute approximate surface area is 253 Å². The Morgan fingerprint density at radius 2 is 1.89 bits per heavy atom. The van der Waals surface area contributed by atoms with E-state index in [9.17, 15) is 22.8 Å². The molecule has 3 N–H and O–H groups in total. The molecule has 0 aliphatic carbocycles. The molecule has 0 radical (unpaired) electrons. The van der Waals surface area contributed by atoms with Crippen LogP contribution in [-0.4, -0.2) is 72.0 Å². The van der Waals surface area contributed by atoms with Gasteiger partial charge in [-0.15, -0.1) is 0 Å². The number of aromatic amines is 1. The van der Waals surface area contributed by atoms with E-state index in [0.29, 0.717) is 41.8 Å². The molecule has 1 amide bonds. The van der Waals surface area contributed by atoms with Crippen molar-refractivity contribution < 1.29 is 27.5 Å². The summed E-state index contributed by atoms with van der Waals surface area (Å²) in [7, 11) is 5.25. The standard InChI is InChI=1S/C32H35F3N6O3/c1-19-5-8-24(12-23(19)15-36-25-11-22-14-28(31(43)44-4)39-29(22)37-16-25)38-30(42)20-6-7-21(27(13-20)32(33,34)35)17-41-10-9-26(18-41)40(2)3/h5-8,11-14,16,26,36H,9-10,15,17-18H2,1-4H3,(H,37,39)(H,38,42). The van der Waals surface area contributed by atoms with Gasteiger partial charge in [-0.25, -0.2) is 9.78 Å². The largest absolute Gasteiger partial charge is 0.464 e. The number of aromatic nitrogens is 2. The fourth-order valence-corrected chi connectivity index (χ4v) is 5.41. The van der Waals surface area contributed by atoms with Crippen LogP contribution in [0.3, 0.4) is 0 Å². The summed E-state index contributed by atoms with van der Waals surface area (Å²) in [4.78, 5) is 36.3. The molecule has 0 spiro atoms. The van der Waals surface area contributed by atoms with E-state index in [1.807, 2.05) is 38.1 Å². The fraction of sp³-hybridized carbons (Fsp3) is 0.344. The molecule has 1 aliphatic rings. The van der Waals surface area contributed by atoms with E-state index in [-0.39, 0.29) is 17.7 Å². The number of anilines is 2. The van der Waals surface area contributed by atoms with E-state index in [1.165, 1.54) is 19.2 Å². The van der Waals surface area contributed by atoms with Crippen molar-refractivity contribution >= 4 is 34.3 Å². The second kappa shape index (κ2) is 12.7. The minimum Gasteiger partial charge on any atom is -0.464 e. The number of likely N-dealkylation sites (tertiary alicyclic amines) is 1. The quantitative estimate of drug-likeness (QED) is 0.210. The van der Waals surface area contributed by atoms with Crippen LogP contribution in [0.15, 0.2) is 54.7 Å². The van der Waals surface area contributed by atoms with Crippen molar-refractivity contribution in [2.75, 3.05) is 44.9 Å². The van der Waals surface area contributed by atoms with Crippen molar-refractivity contribution in [1.82, 2.24) is 19.8 Å². The van der Waals surface area contributed by atoms with Gasteiger partial charge in [-0.1, -0.05) is 12.1 Å². The Hall–Kier alpha value is -4.42. The van der Waals surface area contributed by atoms with Gasteiger partial charge < -0.3 is 25.3 Å². The van der Waals surface area contributed by atoms with E-state index >= 15 is 0 Å². The highest BCUT2D eigenvalue weighted by Gasteiger charge is 2.35. The first-order chi connectivity index (χ1) is 20.9. The zero-order valence-electron chi connectivity index (χ0n) is 25.0. The third-order valence-corrected chi connectivity index (χ3v) is 8.01. The highest BCUT2D eigenvalue weighted by molar-refractivity contribution is 6.04. The molecule has 0 bridgehead atoms. The minimum atomic E-state index is -4.59. The lowest BCUT2D eigenvalue weighted by Crippen LogP contribution is -2.31. The number of nitrogens with one attached hydrogen (secondary N) is 3. The first-order valence-corrected chi connectivity index (χ1v) is 14.2. The number of alkyl halides is 3. The normalized spacial score (nSPS) is 15.6. The Morgan fingerprint density at radius 1 is 1.09 bits per heavy atom. The van der Waals surface area contributed by atoms with Crippen LogP contribution in [0, 0.1) is 6.92 Å². The summed E-state index contributed by atoms with van der Waals surface area (Å²) in [5.41, 5.74) is 3.16. The van der Waals surface area contributed by atoms with E-state index in [2.05, 4.69) is 25.5 Å². The maximum Gasteiger partial charge on any atom is 0.416 e. The number of carbonyl (C=O) groups excluding carboxylic acids is 2. The van der Waals surface area contributed by atoms with Crippen LogP contribution in [0.25, 0.3) is 11.0 Å². The molecule has 0 saturated carbocycles. The molecule has 12 heteroatoms. The molecule has 1 atom stereocenters. The monoisotopic (exact) mass is 608 g/mol. The van der Waals surface area contributed by atoms with E-state index in [4.69, 9.17) is 4.74 Å². The number of H-pyrrole nitrogens is 1. The van der Waals surface area contributed by atoms with Crippen molar-refractivity contribution in [2.24, 2.45) is 0 Å². The lowest BCUT2D eigenvalue weighted by atomic mass is 10.0. The predicted molar refractivity (Wildman–Crippen MR) is 163 cm³/mol. The van der Waals surface area contributed by atoms with Crippen LogP contribution in [0.1, 0.15) is 49.5 Å². The molecular weight excluding hydrogens is 573 g/mol. The zero-order valence-corrected chi connectivity index (χ0v) is 25.0. The second-order valence-electron chi connectivity index (χ2n) is 11.3.